The van der Waals surface area contributed by atoms with Crippen LogP contribution < -0.4 is 10.1 Å². The molecule has 1 unspecified atom stereocenters. The van der Waals surface area contributed by atoms with Gasteiger partial charge >= 0.3 is 6.03 Å². The summed E-state index contributed by atoms with van der Waals surface area (Å²) in [6.07, 6.45) is 6.97. The Morgan fingerprint density at radius 3 is 3.08 bits per heavy atom. The number of carbonyl (C=O) groups is 1. The minimum Gasteiger partial charge on any atom is -0.491 e. The van der Waals surface area contributed by atoms with Crippen molar-refractivity contribution in [2.24, 2.45) is 0 Å². The minimum absolute atomic E-state index is 0.0268. The summed E-state index contributed by atoms with van der Waals surface area (Å²) in [5.41, 5.74) is 2.10. The van der Waals surface area contributed by atoms with Crippen molar-refractivity contribution in [1.82, 2.24) is 20.4 Å². The first kappa shape index (κ1) is 17.3. The van der Waals surface area contributed by atoms with Gasteiger partial charge in [-0.3, -0.25) is 5.10 Å². The molecular weight excluding hydrogens is 316 g/mol. The Bertz CT molecular complexity index is 684. The lowest BCUT2D eigenvalue weighted by Crippen LogP contribution is -2.44. The average molecular weight is 342 g/mol. The summed E-state index contributed by atoms with van der Waals surface area (Å²) in [4.78, 5) is 14.6. The lowest BCUT2D eigenvalue weighted by Gasteiger charge is -2.35. The van der Waals surface area contributed by atoms with Crippen LogP contribution in [0.2, 0.25) is 0 Å². The molecule has 1 aromatic carbocycles. The standard InChI is InChI=1S/C19H26N4O2/c1-14(2)25-17-7-5-6-15(10-17)11-20-19(24)23-9-4-3-8-18(23)16-12-21-22-13-16/h5-7,10,12-14,18H,3-4,8-9,11H2,1-2H3,(H,20,24)(H,21,22). The van der Waals surface area contributed by atoms with Gasteiger partial charge in [0.1, 0.15) is 5.75 Å². The number of piperidine rings is 1. The van der Waals surface area contributed by atoms with E-state index in [1.54, 1.807) is 0 Å². The molecule has 0 spiro atoms. The molecular formula is C19H26N4O2. The van der Waals surface area contributed by atoms with Crippen LogP contribution in [0.3, 0.4) is 0 Å². The van der Waals surface area contributed by atoms with Gasteiger partial charge in [-0.1, -0.05) is 12.1 Å². The monoisotopic (exact) mass is 342 g/mol. The highest BCUT2D eigenvalue weighted by Crippen LogP contribution is 2.30. The average Bonchev–Trinajstić information content (AvgIpc) is 3.14. The highest BCUT2D eigenvalue weighted by Gasteiger charge is 2.28. The molecule has 6 nitrogen and oxygen atoms in total. The first-order valence-electron chi connectivity index (χ1n) is 8.92. The molecule has 0 saturated carbocycles. The van der Waals surface area contributed by atoms with Crippen LogP contribution in [-0.4, -0.2) is 33.8 Å². The maximum absolute atomic E-state index is 12.7. The number of aromatic amines is 1. The molecule has 2 amide bonds. The second kappa shape index (κ2) is 8.05. The smallest absolute Gasteiger partial charge is 0.318 e. The van der Waals surface area contributed by atoms with Gasteiger partial charge in [0.05, 0.1) is 18.3 Å². The lowest BCUT2D eigenvalue weighted by molar-refractivity contribution is 0.151. The van der Waals surface area contributed by atoms with Crippen LogP contribution in [0.15, 0.2) is 36.7 Å². The third-order valence-corrected chi connectivity index (χ3v) is 4.38. The molecule has 1 aliphatic rings. The van der Waals surface area contributed by atoms with Gasteiger partial charge in [0.15, 0.2) is 0 Å². The molecule has 134 valence electrons. The van der Waals surface area contributed by atoms with Crippen molar-refractivity contribution in [2.75, 3.05) is 6.54 Å². The topological polar surface area (TPSA) is 70.2 Å². The zero-order valence-electron chi connectivity index (χ0n) is 14.9. The summed E-state index contributed by atoms with van der Waals surface area (Å²) < 4.78 is 5.71. The van der Waals surface area contributed by atoms with Gasteiger partial charge in [0.25, 0.3) is 0 Å². The molecule has 1 aliphatic heterocycles. The number of hydrogen-bond donors (Lipinski definition) is 2. The van der Waals surface area contributed by atoms with Crippen LogP contribution in [0.25, 0.3) is 0 Å². The van der Waals surface area contributed by atoms with E-state index in [2.05, 4.69) is 15.5 Å². The second-order valence-electron chi connectivity index (χ2n) is 6.71. The van der Waals surface area contributed by atoms with Crippen LogP contribution in [0.4, 0.5) is 4.79 Å². The van der Waals surface area contributed by atoms with E-state index in [-0.39, 0.29) is 18.2 Å². The van der Waals surface area contributed by atoms with E-state index < -0.39 is 0 Å². The van der Waals surface area contributed by atoms with Gasteiger partial charge in [-0.25, -0.2) is 4.79 Å². The lowest BCUT2D eigenvalue weighted by atomic mass is 9.98. The quantitative estimate of drug-likeness (QED) is 0.871. The summed E-state index contributed by atoms with van der Waals surface area (Å²) in [5, 5.41) is 9.91. The molecule has 6 heteroatoms. The molecule has 25 heavy (non-hydrogen) atoms. The van der Waals surface area contributed by atoms with E-state index in [1.165, 1.54) is 0 Å². The van der Waals surface area contributed by atoms with Crippen molar-refractivity contribution in [3.05, 3.63) is 47.8 Å². The Labute approximate surface area is 148 Å². The van der Waals surface area contributed by atoms with Gasteiger partial charge in [-0.05, 0) is 50.8 Å². The summed E-state index contributed by atoms with van der Waals surface area (Å²) in [6.45, 7) is 5.27. The fourth-order valence-electron chi connectivity index (χ4n) is 3.24. The number of carbonyl (C=O) groups excluding carboxylic acids is 1. The van der Waals surface area contributed by atoms with E-state index in [1.807, 2.05) is 55.4 Å². The van der Waals surface area contributed by atoms with Crippen molar-refractivity contribution in [3.8, 4) is 5.75 Å². The van der Waals surface area contributed by atoms with Crippen LogP contribution in [0.1, 0.15) is 50.3 Å². The number of urea groups is 1. The summed E-state index contributed by atoms with van der Waals surface area (Å²) in [7, 11) is 0. The molecule has 1 fully saturated rings. The third kappa shape index (κ3) is 4.53. The van der Waals surface area contributed by atoms with Crippen molar-refractivity contribution < 1.29 is 9.53 Å². The Balaban J connectivity index is 1.61. The number of nitrogens with zero attached hydrogens (tertiary/aromatic N) is 2. The van der Waals surface area contributed by atoms with Gasteiger partial charge in [-0.15, -0.1) is 0 Å². The first-order valence-corrected chi connectivity index (χ1v) is 8.92. The summed E-state index contributed by atoms with van der Waals surface area (Å²) in [6, 6.07) is 7.93. The number of ether oxygens (including phenoxy) is 1. The van der Waals surface area contributed by atoms with Crippen LogP contribution in [-0.2, 0) is 6.54 Å². The molecule has 0 radical (unpaired) electrons. The maximum atomic E-state index is 12.7. The number of aromatic nitrogens is 2. The normalized spacial score (nSPS) is 17.6. The third-order valence-electron chi connectivity index (χ3n) is 4.38. The number of rotatable bonds is 5. The maximum Gasteiger partial charge on any atom is 0.318 e. The summed E-state index contributed by atoms with van der Waals surface area (Å²) in [5.74, 6) is 0.830. The Kier molecular flexibility index (Phi) is 5.58. The van der Waals surface area contributed by atoms with Gasteiger partial charge in [-0.2, -0.15) is 5.10 Å². The first-order chi connectivity index (χ1) is 12.1. The van der Waals surface area contributed by atoms with Gasteiger partial charge in [0, 0.05) is 24.8 Å². The molecule has 0 bridgehead atoms. The fourth-order valence-corrected chi connectivity index (χ4v) is 3.24. The van der Waals surface area contributed by atoms with Crippen LogP contribution >= 0.6 is 0 Å². The van der Waals surface area contributed by atoms with E-state index in [9.17, 15) is 4.79 Å². The number of amides is 2. The number of benzene rings is 1. The highest BCUT2D eigenvalue weighted by atomic mass is 16.5. The Morgan fingerprint density at radius 2 is 2.32 bits per heavy atom. The fraction of sp³-hybridized carbons (Fsp3) is 0.474. The van der Waals surface area contributed by atoms with Crippen LogP contribution in [0.5, 0.6) is 5.75 Å². The SMILES string of the molecule is CC(C)Oc1cccc(CNC(=O)N2CCCCC2c2cn[nH]c2)c1. The predicted molar refractivity (Wildman–Crippen MR) is 96.3 cm³/mol. The molecule has 3 rings (SSSR count). The van der Waals surface area contributed by atoms with Crippen molar-refractivity contribution >= 4 is 6.03 Å². The minimum atomic E-state index is -0.0268. The number of hydrogen-bond acceptors (Lipinski definition) is 3. The second-order valence-corrected chi connectivity index (χ2v) is 6.71. The molecule has 2 aromatic rings. The largest absolute Gasteiger partial charge is 0.491 e. The molecule has 2 heterocycles. The van der Waals surface area contributed by atoms with E-state index in [0.717, 1.165) is 42.7 Å². The Hall–Kier alpha value is -2.50. The van der Waals surface area contributed by atoms with Crippen LogP contribution in [0, 0.1) is 0 Å². The van der Waals surface area contributed by atoms with Crippen molar-refractivity contribution in [1.29, 1.82) is 0 Å². The predicted octanol–water partition coefficient (Wildman–Crippen LogP) is 3.63. The number of nitrogens with one attached hydrogen (secondary N) is 2. The highest BCUT2D eigenvalue weighted by molar-refractivity contribution is 5.74. The van der Waals surface area contributed by atoms with E-state index in [0.29, 0.717) is 6.54 Å². The molecule has 1 saturated heterocycles. The summed E-state index contributed by atoms with van der Waals surface area (Å²) >= 11 is 0. The molecule has 2 N–H and O–H groups in total. The zero-order valence-corrected chi connectivity index (χ0v) is 14.9. The van der Waals surface area contributed by atoms with Crippen molar-refractivity contribution in [2.45, 2.75) is 51.8 Å². The number of H-pyrrole nitrogens is 1. The molecule has 1 atom stereocenters. The van der Waals surface area contributed by atoms with E-state index >= 15 is 0 Å². The van der Waals surface area contributed by atoms with Gasteiger partial charge in [0.2, 0.25) is 0 Å². The Morgan fingerprint density at radius 1 is 1.44 bits per heavy atom. The van der Waals surface area contributed by atoms with E-state index in [4.69, 9.17) is 4.74 Å². The van der Waals surface area contributed by atoms with Crippen molar-refractivity contribution in [3.63, 3.8) is 0 Å². The zero-order chi connectivity index (χ0) is 17.6. The molecule has 0 aliphatic carbocycles. The van der Waals surface area contributed by atoms with Gasteiger partial charge < -0.3 is 15.0 Å². The number of likely N-dealkylation sites (tertiary alicyclic amines) is 1. The molecule has 1 aromatic heterocycles.